The Labute approximate surface area is 201 Å². The standard InChI is InChI=1S/C23H30F3N7O2/c1-16-20(15-33(30-16)17-5-10-31(2)11-6-17)29-21-13-19(18(14-28-21)23(24,25)26)27-7-3-8-32-9-4-12-35-22(32)34/h4,12-15,17H,3,5-11H2,1-2H3,(H2,27,28,29). The van der Waals surface area contributed by atoms with E-state index in [9.17, 15) is 18.0 Å². The zero-order chi connectivity index (χ0) is 25.0. The van der Waals surface area contributed by atoms with Crippen molar-refractivity contribution in [3.8, 4) is 0 Å². The molecule has 4 heterocycles. The van der Waals surface area contributed by atoms with Crippen molar-refractivity contribution in [1.82, 2.24) is 24.6 Å². The van der Waals surface area contributed by atoms with Gasteiger partial charge < -0.3 is 25.2 Å². The number of aromatic nitrogens is 3. The SMILES string of the molecule is Cc1nn(C2CCN(C)CC2)cc1Nc1cc(NCCCN2CC=COC2=O)c(C(F)(F)F)cn1. The number of anilines is 3. The minimum atomic E-state index is -4.55. The van der Waals surface area contributed by atoms with Crippen LogP contribution in [0, 0.1) is 6.92 Å². The van der Waals surface area contributed by atoms with Crippen molar-refractivity contribution in [2.24, 2.45) is 0 Å². The van der Waals surface area contributed by atoms with Gasteiger partial charge in [0.15, 0.2) is 0 Å². The molecular weight excluding hydrogens is 463 g/mol. The van der Waals surface area contributed by atoms with Gasteiger partial charge in [0.1, 0.15) is 5.82 Å². The van der Waals surface area contributed by atoms with Crippen LogP contribution >= 0.6 is 0 Å². The summed E-state index contributed by atoms with van der Waals surface area (Å²) in [6.45, 7) is 4.88. The third kappa shape index (κ3) is 6.24. The number of pyridine rings is 1. The van der Waals surface area contributed by atoms with Crippen molar-refractivity contribution in [2.45, 2.75) is 38.4 Å². The van der Waals surface area contributed by atoms with E-state index in [4.69, 9.17) is 4.74 Å². The number of nitrogens with one attached hydrogen (secondary N) is 2. The molecule has 0 saturated carbocycles. The molecule has 2 aliphatic heterocycles. The number of piperidine rings is 1. The number of alkyl halides is 3. The fourth-order valence-electron chi connectivity index (χ4n) is 4.19. The lowest BCUT2D eigenvalue weighted by molar-refractivity contribution is -0.137. The largest absolute Gasteiger partial charge is 0.419 e. The molecule has 1 saturated heterocycles. The van der Waals surface area contributed by atoms with E-state index in [1.165, 1.54) is 17.2 Å². The van der Waals surface area contributed by atoms with Crippen LogP contribution in [-0.4, -0.2) is 70.4 Å². The number of aryl methyl sites for hydroxylation is 1. The first kappa shape index (κ1) is 24.8. The number of nitrogens with zero attached hydrogens (tertiary/aromatic N) is 5. The second-order valence-electron chi connectivity index (χ2n) is 8.86. The minimum Gasteiger partial charge on any atom is -0.418 e. The van der Waals surface area contributed by atoms with Crippen LogP contribution in [0.4, 0.5) is 35.2 Å². The van der Waals surface area contributed by atoms with Gasteiger partial charge in [0.2, 0.25) is 0 Å². The monoisotopic (exact) mass is 493 g/mol. The van der Waals surface area contributed by atoms with E-state index < -0.39 is 17.8 Å². The average molecular weight is 494 g/mol. The van der Waals surface area contributed by atoms with Crippen LogP contribution in [0.2, 0.25) is 0 Å². The van der Waals surface area contributed by atoms with Crippen molar-refractivity contribution in [3.05, 3.63) is 42.1 Å². The molecule has 0 aliphatic carbocycles. The maximum Gasteiger partial charge on any atom is 0.419 e. The molecule has 0 spiro atoms. The number of hydrogen-bond acceptors (Lipinski definition) is 7. The van der Waals surface area contributed by atoms with E-state index in [2.05, 4.69) is 32.7 Å². The number of hydrogen-bond donors (Lipinski definition) is 2. The highest BCUT2D eigenvalue weighted by molar-refractivity contribution is 5.69. The molecule has 0 aromatic carbocycles. The Morgan fingerprint density at radius 1 is 1.23 bits per heavy atom. The molecule has 12 heteroatoms. The molecule has 1 fully saturated rings. The number of halogens is 3. The van der Waals surface area contributed by atoms with Gasteiger partial charge in [-0.15, -0.1) is 0 Å². The highest BCUT2D eigenvalue weighted by Gasteiger charge is 2.34. The molecule has 0 bridgehead atoms. The van der Waals surface area contributed by atoms with Crippen molar-refractivity contribution in [1.29, 1.82) is 0 Å². The Bertz CT molecular complexity index is 1060. The lowest BCUT2D eigenvalue weighted by atomic mass is 10.1. The molecule has 0 atom stereocenters. The number of carbonyl (C=O) groups is 1. The second kappa shape index (κ2) is 10.5. The maximum atomic E-state index is 13.6. The lowest BCUT2D eigenvalue weighted by Crippen LogP contribution is -2.34. The highest BCUT2D eigenvalue weighted by Crippen LogP contribution is 2.36. The Kier molecular flexibility index (Phi) is 7.48. The molecule has 4 rings (SSSR count). The quantitative estimate of drug-likeness (QED) is 0.528. The third-order valence-corrected chi connectivity index (χ3v) is 6.22. The van der Waals surface area contributed by atoms with E-state index >= 15 is 0 Å². The molecule has 0 unspecified atom stereocenters. The Hall–Kier alpha value is -3.28. The molecule has 0 radical (unpaired) electrons. The number of ether oxygens (including phenoxy) is 1. The highest BCUT2D eigenvalue weighted by atomic mass is 19.4. The molecular formula is C23H30F3N7O2. The van der Waals surface area contributed by atoms with Gasteiger partial charge in [-0.2, -0.15) is 18.3 Å². The van der Waals surface area contributed by atoms with Crippen LogP contribution in [0.25, 0.3) is 0 Å². The van der Waals surface area contributed by atoms with Crippen molar-refractivity contribution < 1.29 is 22.7 Å². The number of amides is 1. The molecule has 9 nitrogen and oxygen atoms in total. The summed E-state index contributed by atoms with van der Waals surface area (Å²) in [5.74, 6) is 0.288. The number of carbonyl (C=O) groups excluding carboxylic acids is 1. The minimum absolute atomic E-state index is 0.0727. The Morgan fingerprint density at radius 3 is 2.71 bits per heavy atom. The Morgan fingerprint density at radius 2 is 2.00 bits per heavy atom. The topological polar surface area (TPSA) is 87.5 Å². The average Bonchev–Trinajstić information content (AvgIpc) is 3.17. The summed E-state index contributed by atoms with van der Waals surface area (Å²) in [7, 11) is 2.10. The summed E-state index contributed by atoms with van der Waals surface area (Å²) < 4.78 is 47.4. The predicted molar refractivity (Wildman–Crippen MR) is 126 cm³/mol. The van der Waals surface area contributed by atoms with Gasteiger partial charge in [-0.05, 0) is 52.4 Å². The zero-order valence-electron chi connectivity index (χ0n) is 19.8. The summed E-state index contributed by atoms with van der Waals surface area (Å²) in [6, 6.07) is 1.65. The van der Waals surface area contributed by atoms with E-state index in [0.717, 1.165) is 37.8 Å². The van der Waals surface area contributed by atoms with Crippen LogP contribution < -0.4 is 10.6 Å². The van der Waals surface area contributed by atoms with E-state index in [0.29, 0.717) is 31.2 Å². The van der Waals surface area contributed by atoms with Gasteiger partial charge in [0, 0.05) is 38.1 Å². The normalized spacial score (nSPS) is 17.5. The van der Waals surface area contributed by atoms with Crippen molar-refractivity contribution in [3.63, 3.8) is 0 Å². The van der Waals surface area contributed by atoms with Gasteiger partial charge in [0.05, 0.1) is 34.9 Å². The molecule has 190 valence electrons. The first-order chi connectivity index (χ1) is 16.7. The van der Waals surface area contributed by atoms with Crippen LogP contribution in [-0.2, 0) is 10.9 Å². The molecule has 2 aliphatic rings. The van der Waals surface area contributed by atoms with Crippen molar-refractivity contribution >= 4 is 23.3 Å². The Balaban J connectivity index is 1.43. The lowest BCUT2D eigenvalue weighted by Gasteiger charge is -2.28. The van der Waals surface area contributed by atoms with Gasteiger partial charge in [-0.3, -0.25) is 4.68 Å². The molecule has 2 aromatic rings. The van der Waals surface area contributed by atoms with Crippen LogP contribution in [0.15, 0.2) is 30.8 Å². The molecule has 2 aromatic heterocycles. The summed E-state index contributed by atoms with van der Waals surface area (Å²) in [5.41, 5.74) is 0.542. The fraction of sp³-hybridized carbons (Fsp3) is 0.522. The van der Waals surface area contributed by atoms with Crippen LogP contribution in [0.3, 0.4) is 0 Å². The number of likely N-dealkylation sites (tertiary alicyclic amines) is 1. The summed E-state index contributed by atoms with van der Waals surface area (Å²) >= 11 is 0. The van der Waals surface area contributed by atoms with Gasteiger partial charge in [-0.25, -0.2) is 9.78 Å². The van der Waals surface area contributed by atoms with Crippen molar-refractivity contribution in [2.75, 3.05) is 50.4 Å². The zero-order valence-corrected chi connectivity index (χ0v) is 19.8. The summed E-state index contributed by atoms with van der Waals surface area (Å²) in [5, 5.41) is 10.6. The van der Waals surface area contributed by atoms with Gasteiger partial charge in [-0.1, -0.05) is 0 Å². The van der Waals surface area contributed by atoms with E-state index in [1.54, 1.807) is 6.08 Å². The first-order valence-corrected chi connectivity index (χ1v) is 11.6. The predicted octanol–water partition coefficient (Wildman–Crippen LogP) is 4.38. The van der Waals surface area contributed by atoms with E-state index in [-0.39, 0.29) is 18.1 Å². The summed E-state index contributed by atoms with van der Waals surface area (Å²) in [4.78, 5) is 19.4. The molecule has 1 amide bonds. The van der Waals surface area contributed by atoms with Crippen LogP contribution in [0.5, 0.6) is 0 Å². The smallest absolute Gasteiger partial charge is 0.418 e. The first-order valence-electron chi connectivity index (χ1n) is 11.6. The number of rotatable bonds is 8. The van der Waals surface area contributed by atoms with E-state index in [1.807, 2.05) is 17.8 Å². The third-order valence-electron chi connectivity index (χ3n) is 6.22. The number of cyclic esters (lactones) is 1. The fourth-order valence-corrected chi connectivity index (χ4v) is 4.19. The summed E-state index contributed by atoms with van der Waals surface area (Å²) in [6.07, 6.45) is 3.18. The van der Waals surface area contributed by atoms with Crippen LogP contribution in [0.1, 0.15) is 36.6 Å². The second-order valence-corrected chi connectivity index (χ2v) is 8.86. The molecule has 35 heavy (non-hydrogen) atoms. The molecule has 2 N–H and O–H groups in total. The van der Waals surface area contributed by atoms with Gasteiger partial charge in [0.25, 0.3) is 0 Å². The maximum absolute atomic E-state index is 13.6. The van der Waals surface area contributed by atoms with Gasteiger partial charge >= 0.3 is 12.3 Å².